The fourth-order valence-corrected chi connectivity index (χ4v) is 3.21. The molecular formula is C17H12Cl2N2OS. The second-order valence-corrected chi connectivity index (χ2v) is 6.81. The van der Waals surface area contributed by atoms with E-state index in [0.717, 1.165) is 16.8 Å². The van der Waals surface area contributed by atoms with Crippen LogP contribution in [0.1, 0.15) is 11.1 Å². The molecule has 1 aliphatic rings. The number of hydrogen-bond donors (Lipinski definition) is 1. The van der Waals surface area contributed by atoms with Crippen LogP contribution < -0.4 is 5.32 Å². The highest BCUT2D eigenvalue weighted by atomic mass is 35.5. The minimum Gasteiger partial charge on any atom is -0.300 e. The molecule has 1 N–H and O–H groups in total. The molecule has 0 saturated carbocycles. The summed E-state index contributed by atoms with van der Waals surface area (Å²) in [6.07, 6.45) is 1.76. The van der Waals surface area contributed by atoms with E-state index in [1.54, 1.807) is 18.2 Å². The zero-order valence-electron chi connectivity index (χ0n) is 12.1. The number of rotatable bonds is 2. The molecule has 116 valence electrons. The Morgan fingerprint density at radius 2 is 1.96 bits per heavy atom. The minimum absolute atomic E-state index is 0.187. The van der Waals surface area contributed by atoms with E-state index in [1.807, 2.05) is 37.3 Å². The summed E-state index contributed by atoms with van der Waals surface area (Å²) in [7, 11) is 0. The maximum Gasteiger partial charge on any atom is 0.264 e. The van der Waals surface area contributed by atoms with Crippen molar-refractivity contribution < 1.29 is 4.79 Å². The third-order valence-corrected chi connectivity index (χ3v) is 4.73. The number of aryl methyl sites for hydroxylation is 1. The highest BCUT2D eigenvalue weighted by molar-refractivity contribution is 8.18. The largest absolute Gasteiger partial charge is 0.300 e. The molecule has 1 saturated heterocycles. The normalized spacial score (nSPS) is 17.8. The van der Waals surface area contributed by atoms with Gasteiger partial charge in [0.25, 0.3) is 5.91 Å². The first kappa shape index (κ1) is 16.1. The summed E-state index contributed by atoms with van der Waals surface area (Å²) in [4.78, 5) is 17.1. The number of halogens is 2. The van der Waals surface area contributed by atoms with Crippen LogP contribution in [0, 0.1) is 6.92 Å². The summed E-state index contributed by atoms with van der Waals surface area (Å²) in [5, 5.41) is 4.49. The highest BCUT2D eigenvalue weighted by Crippen LogP contribution is 2.31. The van der Waals surface area contributed by atoms with Crippen LogP contribution in [-0.4, -0.2) is 11.1 Å². The molecule has 1 amide bonds. The number of thioether (sulfide) groups is 1. The van der Waals surface area contributed by atoms with Crippen molar-refractivity contribution in [2.45, 2.75) is 6.92 Å². The van der Waals surface area contributed by atoms with E-state index < -0.39 is 0 Å². The molecule has 1 heterocycles. The lowest BCUT2D eigenvalue weighted by atomic mass is 10.2. The Bertz CT molecular complexity index is 846. The van der Waals surface area contributed by atoms with Crippen molar-refractivity contribution in [1.82, 2.24) is 5.32 Å². The van der Waals surface area contributed by atoms with E-state index >= 15 is 0 Å². The maximum atomic E-state index is 12.1. The monoisotopic (exact) mass is 362 g/mol. The van der Waals surface area contributed by atoms with Crippen molar-refractivity contribution in [1.29, 1.82) is 0 Å². The predicted molar refractivity (Wildman–Crippen MR) is 98.4 cm³/mol. The molecule has 0 unspecified atom stereocenters. The van der Waals surface area contributed by atoms with Gasteiger partial charge in [-0.25, -0.2) is 4.99 Å². The number of carbonyl (C=O) groups excluding carboxylic acids is 1. The van der Waals surface area contributed by atoms with Gasteiger partial charge in [-0.3, -0.25) is 4.79 Å². The van der Waals surface area contributed by atoms with E-state index in [0.29, 0.717) is 20.1 Å². The Balaban J connectivity index is 1.89. The van der Waals surface area contributed by atoms with Crippen molar-refractivity contribution in [3.05, 3.63) is 68.5 Å². The van der Waals surface area contributed by atoms with Crippen molar-refractivity contribution in [3.63, 3.8) is 0 Å². The maximum absolute atomic E-state index is 12.1. The van der Waals surface area contributed by atoms with E-state index in [9.17, 15) is 4.79 Å². The van der Waals surface area contributed by atoms with Crippen LogP contribution in [0.5, 0.6) is 0 Å². The molecule has 0 spiro atoms. The van der Waals surface area contributed by atoms with Gasteiger partial charge in [-0.15, -0.1) is 0 Å². The van der Waals surface area contributed by atoms with Crippen molar-refractivity contribution >= 4 is 57.8 Å². The summed E-state index contributed by atoms with van der Waals surface area (Å²) in [6.45, 7) is 1.94. The number of hydrogen-bond acceptors (Lipinski definition) is 3. The topological polar surface area (TPSA) is 41.5 Å². The quantitative estimate of drug-likeness (QED) is 0.746. The molecule has 23 heavy (non-hydrogen) atoms. The van der Waals surface area contributed by atoms with E-state index in [1.165, 1.54) is 11.8 Å². The lowest BCUT2D eigenvalue weighted by Gasteiger charge is -2.01. The van der Waals surface area contributed by atoms with Gasteiger partial charge in [0.05, 0.1) is 10.6 Å². The Morgan fingerprint density at radius 1 is 1.17 bits per heavy atom. The predicted octanol–water partition coefficient (Wildman–Crippen LogP) is 5.19. The molecule has 2 aromatic rings. The van der Waals surface area contributed by atoms with E-state index in [-0.39, 0.29) is 5.91 Å². The van der Waals surface area contributed by atoms with Crippen LogP contribution in [0.4, 0.5) is 5.69 Å². The number of aliphatic imine (C=N–C) groups is 1. The lowest BCUT2D eigenvalue weighted by Crippen LogP contribution is -2.19. The van der Waals surface area contributed by atoms with Crippen molar-refractivity contribution in [3.8, 4) is 0 Å². The third-order valence-electron chi connectivity index (χ3n) is 3.24. The average molecular weight is 363 g/mol. The van der Waals surface area contributed by atoms with Gasteiger partial charge in [0.15, 0.2) is 5.17 Å². The number of carbonyl (C=O) groups is 1. The summed E-state index contributed by atoms with van der Waals surface area (Å²) in [5.41, 5.74) is 2.52. The summed E-state index contributed by atoms with van der Waals surface area (Å²) in [5.74, 6) is -0.187. The molecule has 2 aromatic carbocycles. The first-order valence-corrected chi connectivity index (χ1v) is 8.40. The van der Waals surface area contributed by atoms with Gasteiger partial charge in [-0.05, 0) is 54.1 Å². The zero-order valence-corrected chi connectivity index (χ0v) is 14.5. The molecule has 1 fully saturated rings. The number of amidine groups is 1. The molecule has 3 rings (SSSR count). The Hall–Kier alpha value is -1.75. The zero-order chi connectivity index (χ0) is 16.4. The van der Waals surface area contributed by atoms with Crippen LogP contribution in [0.3, 0.4) is 0 Å². The van der Waals surface area contributed by atoms with Crippen LogP contribution in [0.25, 0.3) is 6.08 Å². The van der Waals surface area contributed by atoms with E-state index in [2.05, 4.69) is 10.3 Å². The Kier molecular flexibility index (Phi) is 4.76. The van der Waals surface area contributed by atoms with Gasteiger partial charge in [0.1, 0.15) is 0 Å². The fraction of sp³-hybridized carbons (Fsp3) is 0.0588. The molecule has 0 bridgehead atoms. The SMILES string of the molecule is Cc1ccc(Cl)cc1N=C1NC(=O)/C(=C/c2ccccc2Cl)S1. The van der Waals surface area contributed by atoms with Crippen molar-refractivity contribution in [2.24, 2.45) is 4.99 Å². The van der Waals surface area contributed by atoms with Crippen LogP contribution in [0.2, 0.25) is 10.0 Å². The van der Waals surface area contributed by atoms with Crippen LogP contribution in [0.15, 0.2) is 52.4 Å². The van der Waals surface area contributed by atoms with Gasteiger partial charge in [0.2, 0.25) is 0 Å². The van der Waals surface area contributed by atoms with Gasteiger partial charge in [-0.2, -0.15) is 0 Å². The molecule has 0 aliphatic carbocycles. The Morgan fingerprint density at radius 3 is 2.74 bits per heavy atom. The summed E-state index contributed by atoms with van der Waals surface area (Å²) in [6, 6.07) is 12.8. The minimum atomic E-state index is -0.187. The summed E-state index contributed by atoms with van der Waals surface area (Å²) >= 11 is 13.4. The van der Waals surface area contributed by atoms with Gasteiger partial charge < -0.3 is 5.32 Å². The number of nitrogens with zero attached hydrogens (tertiary/aromatic N) is 1. The number of amides is 1. The van der Waals surface area contributed by atoms with Crippen LogP contribution >= 0.6 is 35.0 Å². The van der Waals surface area contributed by atoms with Gasteiger partial charge >= 0.3 is 0 Å². The smallest absolute Gasteiger partial charge is 0.264 e. The van der Waals surface area contributed by atoms with E-state index in [4.69, 9.17) is 23.2 Å². The van der Waals surface area contributed by atoms with Crippen LogP contribution in [-0.2, 0) is 4.79 Å². The molecule has 1 aliphatic heterocycles. The van der Waals surface area contributed by atoms with Gasteiger partial charge in [-0.1, -0.05) is 47.5 Å². The fourth-order valence-electron chi connectivity index (χ4n) is 2.03. The lowest BCUT2D eigenvalue weighted by molar-refractivity contribution is -0.115. The average Bonchev–Trinajstić information content (AvgIpc) is 2.85. The summed E-state index contributed by atoms with van der Waals surface area (Å²) < 4.78 is 0. The molecular weight excluding hydrogens is 351 g/mol. The standard InChI is InChI=1S/C17H12Cl2N2OS/c1-10-6-7-12(18)9-14(10)20-17-21-16(22)15(23-17)8-11-4-2-3-5-13(11)19/h2-9H,1H3,(H,20,21,22)/b15-8-. The Labute approximate surface area is 148 Å². The molecule has 3 nitrogen and oxygen atoms in total. The molecule has 0 radical (unpaired) electrons. The first-order chi connectivity index (χ1) is 11.0. The van der Waals surface area contributed by atoms with Gasteiger partial charge in [0, 0.05) is 10.0 Å². The number of nitrogens with one attached hydrogen (secondary N) is 1. The third kappa shape index (κ3) is 3.78. The second kappa shape index (κ2) is 6.79. The molecule has 0 atom stereocenters. The molecule has 6 heteroatoms. The highest BCUT2D eigenvalue weighted by Gasteiger charge is 2.24. The number of benzene rings is 2. The van der Waals surface area contributed by atoms with Crippen molar-refractivity contribution in [2.75, 3.05) is 0 Å². The second-order valence-electron chi connectivity index (χ2n) is 4.93. The molecule has 0 aromatic heterocycles. The first-order valence-electron chi connectivity index (χ1n) is 6.83.